The lowest BCUT2D eigenvalue weighted by Gasteiger charge is -2.17. The maximum Gasteiger partial charge on any atom is 0.187 e. The van der Waals surface area contributed by atoms with Crippen LogP contribution in [0.25, 0.3) is 268 Å². The number of fused-ring (bicyclic) bond motifs is 27. The lowest BCUT2D eigenvalue weighted by Crippen LogP contribution is -1.98. The zero-order chi connectivity index (χ0) is 95.3. The van der Waals surface area contributed by atoms with E-state index in [1.54, 1.807) is 0 Å². The minimum atomic E-state index is 0.655. The van der Waals surface area contributed by atoms with E-state index in [-0.39, 0.29) is 0 Å². The average Bonchev–Trinajstić information content (AvgIpc) is 1.55. The predicted octanol–water partition coefficient (Wildman–Crippen LogP) is 35.9. The summed E-state index contributed by atoms with van der Waals surface area (Å²) < 4.78 is 14.5. The summed E-state index contributed by atoms with van der Waals surface area (Å²) in [6, 6.07) is 180. The second kappa shape index (κ2) is 33.2. The van der Waals surface area contributed by atoms with E-state index in [9.17, 15) is 10.5 Å². The lowest BCUT2D eigenvalue weighted by atomic mass is 9.96. The van der Waals surface area contributed by atoms with Crippen molar-refractivity contribution in [3.05, 3.63) is 514 Å². The Labute approximate surface area is 826 Å². The molecule has 9 heteroatoms. The second-order valence-corrected chi connectivity index (χ2v) is 37.3. The smallest absolute Gasteiger partial charge is 0.187 e. The normalized spacial score (nSPS) is 11.7. The maximum absolute atomic E-state index is 9.70. The molecular weight excluding hydrogens is 1750 g/mol. The number of nitriles is 2. The Morgan fingerprint density at radius 3 is 0.903 bits per heavy atom. The van der Waals surface area contributed by atoms with Crippen LogP contribution in [0.3, 0.4) is 0 Å². The summed E-state index contributed by atoms with van der Waals surface area (Å²) >= 11 is 0. The highest BCUT2D eigenvalue weighted by molar-refractivity contribution is 6.26. The van der Waals surface area contributed by atoms with Crippen molar-refractivity contribution in [1.29, 1.82) is 10.5 Å². The van der Waals surface area contributed by atoms with Crippen molar-refractivity contribution >= 4 is 201 Å². The summed E-state index contributed by atoms with van der Waals surface area (Å²) in [4.78, 5) is 3.74. The van der Waals surface area contributed by atoms with Crippen LogP contribution in [0.2, 0.25) is 0 Å². The minimum absolute atomic E-state index is 0.655. The van der Waals surface area contributed by atoms with E-state index in [0.29, 0.717) is 16.8 Å². The Morgan fingerprint density at radius 2 is 0.465 bits per heavy atom. The Bertz CT molecular complexity index is 10800. The van der Waals surface area contributed by atoms with E-state index < -0.39 is 0 Å². The number of hydrogen-bond donors (Lipinski definition) is 0. The van der Waals surface area contributed by atoms with Gasteiger partial charge in [0.25, 0.3) is 0 Å². The Hall–Kier alpha value is -19.9. The third-order valence-electron chi connectivity index (χ3n) is 29.7. The molecule has 0 aliphatic carbocycles. The fourth-order valence-electron chi connectivity index (χ4n) is 23.6. The van der Waals surface area contributed by atoms with E-state index in [2.05, 4.69) is 493 Å². The molecule has 0 amide bonds. The first-order valence-electron chi connectivity index (χ1n) is 48.7. The molecule has 0 N–H and O–H groups in total. The summed E-state index contributed by atoms with van der Waals surface area (Å²) in [6.45, 7) is 7.65. The number of nitrogens with zero attached hydrogens (tertiary/aromatic N) is 9. The van der Waals surface area contributed by atoms with Crippen LogP contribution in [0.15, 0.2) is 491 Å². The lowest BCUT2D eigenvalue weighted by molar-refractivity contribution is 1.18. The van der Waals surface area contributed by atoms with Crippen LogP contribution in [0.1, 0.15) is 11.1 Å². The Morgan fingerprint density at radius 1 is 0.174 bits per heavy atom. The van der Waals surface area contributed by atoms with Crippen LogP contribution in [0.4, 0.5) is 5.69 Å². The quantitative estimate of drug-likeness (QED) is 0.107. The predicted molar refractivity (Wildman–Crippen MR) is 602 cm³/mol. The van der Waals surface area contributed by atoms with Gasteiger partial charge in [-0.3, -0.25) is 0 Å². The maximum atomic E-state index is 9.70. The van der Waals surface area contributed by atoms with E-state index in [1.165, 1.54) is 159 Å². The van der Waals surface area contributed by atoms with Crippen molar-refractivity contribution in [2.75, 3.05) is 0 Å². The van der Waals surface area contributed by atoms with Gasteiger partial charge in [-0.25, -0.2) is 4.85 Å². The fraction of sp³-hybridized carbons (Fsp3) is 0. The Balaban J connectivity index is 0.000000105. The highest BCUT2D eigenvalue weighted by atomic mass is 15.0. The van der Waals surface area contributed by atoms with Gasteiger partial charge < -0.3 is 27.4 Å². The molecule has 144 heavy (non-hydrogen) atoms. The van der Waals surface area contributed by atoms with Gasteiger partial charge in [-0.05, 0) is 228 Å². The van der Waals surface area contributed by atoms with Crippen molar-refractivity contribution in [2.45, 2.75) is 0 Å². The first-order valence-corrected chi connectivity index (χ1v) is 48.7. The molecule has 0 aliphatic heterocycles. The number of para-hydroxylation sites is 12. The van der Waals surface area contributed by atoms with E-state index in [0.717, 1.165) is 104 Å². The van der Waals surface area contributed by atoms with Gasteiger partial charge >= 0.3 is 0 Å². The monoisotopic (exact) mass is 1830 g/mol. The number of aromatic nitrogens is 6. The van der Waals surface area contributed by atoms with Gasteiger partial charge in [0, 0.05) is 115 Å². The van der Waals surface area contributed by atoms with Gasteiger partial charge in [0.15, 0.2) is 5.69 Å². The molecule has 0 bridgehead atoms. The third kappa shape index (κ3) is 12.8. The summed E-state index contributed by atoms with van der Waals surface area (Å²) in [5.74, 6) is 0. The fourth-order valence-corrected chi connectivity index (χ4v) is 23.6. The van der Waals surface area contributed by atoms with Crippen molar-refractivity contribution < 1.29 is 0 Å². The molecule has 0 radical (unpaired) electrons. The highest BCUT2D eigenvalue weighted by Crippen LogP contribution is 2.51. The topological polar surface area (TPSA) is 81.5 Å². The summed E-state index contributed by atoms with van der Waals surface area (Å²) in [6.07, 6.45) is 0. The summed E-state index contributed by atoms with van der Waals surface area (Å²) in [7, 11) is 0. The first-order chi connectivity index (χ1) is 71.4. The van der Waals surface area contributed by atoms with Crippen LogP contribution >= 0.6 is 0 Å². The van der Waals surface area contributed by atoms with Crippen LogP contribution in [-0.4, -0.2) is 27.4 Å². The molecule has 24 aromatic carbocycles. The molecule has 0 aliphatic rings. The molecule has 6 aromatic heterocycles. The minimum Gasteiger partial charge on any atom is -0.309 e. The molecule has 30 rings (SSSR count). The first kappa shape index (κ1) is 82.4. The molecule has 0 atom stereocenters. The van der Waals surface area contributed by atoms with E-state index >= 15 is 0 Å². The summed E-state index contributed by atoms with van der Waals surface area (Å²) in [5, 5.41) is 47.6. The molecule has 0 saturated heterocycles. The van der Waals surface area contributed by atoms with Gasteiger partial charge in [-0.1, -0.05) is 340 Å². The molecule has 6 heterocycles. The number of hydrogen-bond acceptors (Lipinski definition) is 2. The zero-order valence-corrected chi connectivity index (χ0v) is 77.8. The SMILES string of the molecule is N#Cc1ccc2cc(-n3c4ccccc4c4cccc(-c5cccc6c5c5ccccc5n6-c5ccccc5)c43)c3ccccc3c2c1.N#Cc1ccc2ccc3cc(-n4c5ccccc5c5cccc(-c6cccc7c6c6ccccc6n7-c6ccccc6)c54)ccc3c2c1.[C-]#[N+]c1ccc2ccc3ccc(-n4c5ccccc5c5cccc(-c6cccc7c6c6ccccc6n7-c6ccccc6)c54)cc3c2c1. The molecule has 0 saturated carbocycles. The number of benzene rings is 24. The summed E-state index contributed by atoms with van der Waals surface area (Å²) in [5.41, 5.74) is 30.2. The van der Waals surface area contributed by atoms with Gasteiger partial charge in [-0.15, -0.1) is 0 Å². The third-order valence-corrected chi connectivity index (χ3v) is 29.7. The molecule has 30 aromatic rings. The number of rotatable bonds is 9. The van der Waals surface area contributed by atoms with Gasteiger partial charge in [0.2, 0.25) is 0 Å². The van der Waals surface area contributed by atoms with Crippen molar-refractivity contribution in [2.24, 2.45) is 0 Å². The molecule has 0 unspecified atom stereocenters. The molecular formula is C135H81N9. The zero-order valence-electron chi connectivity index (χ0n) is 77.8. The van der Waals surface area contributed by atoms with Crippen LogP contribution < -0.4 is 0 Å². The Kier molecular flexibility index (Phi) is 19.0. The van der Waals surface area contributed by atoms with E-state index in [1.807, 2.05) is 42.5 Å². The second-order valence-electron chi connectivity index (χ2n) is 37.3. The largest absolute Gasteiger partial charge is 0.309 e. The van der Waals surface area contributed by atoms with Gasteiger partial charge in [0.1, 0.15) is 0 Å². The standard InChI is InChI=1S/3C45H27N3/c1-46-31-25-23-29-21-22-30-24-26-33(28-40(30)39(29)27-31)48-41-18-7-5-13-34(41)36-16-9-17-37(45(36)48)35-15-10-20-43-44(35)38-14-6-8-19-42(38)47(43)32-11-3-2-4-12-32;46-28-29-20-21-30-22-23-31-27-33(24-25-34(31)40(30)26-29)48-41-17-6-4-12-35(41)37-15-8-16-38(45(37)48)36-14-9-19-43-44(36)39-13-5-7-18-42(39)47(43)32-10-2-1-3-11-32;46-28-29-24-25-30-27-43(33-15-5-4-14-32(33)39(30)26-29)48-40-21-8-6-16-34(40)36-19-10-20-37(45(36)48)35-18-11-23-42-44(35)38-17-7-9-22-41(38)47(42)31-12-2-1-3-13-31/h2-28H;2*1-27H. The van der Waals surface area contributed by atoms with Crippen LogP contribution in [-0.2, 0) is 0 Å². The highest BCUT2D eigenvalue weighted by Gasteiger charge is 2.28. The molecule has 666 valence electrons. The van der Waals surface area contributed by atoms with Crippen molar-refractivity contribution in [1.82, 2.24) is 27.4 Å². The molecule has 9 nitrogen and oxygen atoms in total. The van der Waals surface area contributed by atoms with Crippen LogP contribution in [0.5, 0.6) is 0 Å². The van der Waals surface area contributed by atoms with Crippen molar-refractivity contribution in [3.63, 3.8) is 0 Å². The van der Waals surface area contributed by atoms with Crippen molar-refractivity contribution in [3.8, 4) is 79.6 Å². The molecule has 0 spiro atoms. The van der Waals surface area contributed by atoms with Gasteiger partial charge in [0.05, 0.1) is 102 Å². The average molecular weight is 1830 g/mol. The molecule has 0 fully saturated rings. The van der Waals surface area contributed by atoms with Gasteiger partial charge in [-0.2, -0.15) is 10.5 Å². The van der Waals surface area contributed by atoms with Crippen LogP contribution in [0, 0.1) is 29.2 Å². The van der Waals surface area contributed by atoms with E-state index in [4.69, 9.17) is 6.57 Å².